The van der Waals surface area contributed by atoms with E-state index in [2.05, 4.69) is 41.5 Å². The average molecular weight is 419 g/mol. The maximum absolute atomic E-state index is 6.12. The van der Waals surface area contributed by atoms with Crippen LogP contribution in [0.4, 0.5) is 0 Å². The number of aryl methyl sites for hydroxylation is 1. The van der Waals surface area contributed by atoms with E-state index >= 15 is 0 Å². The van der Waals surface area contributed by atoms with E-state index in [9.17, 15) is 0 Å². The molecule has 158 valence electrons. The number of aromatic nitrogens is 3. The lowest BCUT2D eigenvalue weighted by Gasteiger charge is -2.25. The van der Waals surface area contributed by atoms with E-state index in [1.807, 2.05) is 28.9 Å². The van der Waals surface area contributed by atoms with Gasteiger partial charge in [-0.15, -0.1) is 0 Å². The molecule has 2 unspecified atom stereocenters. The Labute approximate surface area is 177 Å². The highest BCUT2D eigenvalue weighted by Gasteiger charge is 2.23. The van der Waals surface area contributed by atoms with Crippen LogP contribution < -0.4 is 10.6 Å². The van der Waals surface area contributed by atoms with Crippen LogP contribution in [-0.4, -0.2) is 47.0 Å². The molecule has 3 rings (SSSR count). The molecule has 2 aromatic rings. The first-order valence-corrected chi connectivity index (χ1v) is 10.6. The first kappa shape index (κ1) is 21.6. The predicted molar refractivity (Wildman–Crippen MR) is 117 cm³/mol. The molecule has 0 amide bonds. The maximum atomic E-state index is 6.12. The molecule has 2 N–H and O–H groups in total. The van der Waals surface area contributed by atoms with Gasteiger partial charge in [-0.25, -0.2) is 9.67 Å². The topological polar surface area (TPSA) is 76.4 Å². The number of benzene rings is 1. The van der Waals surface area contributed by atoms with Crippen molar-refractivity contribution in [3.63, 3.8) is 0 Å². The van der Waals surface area contributed by atoms with Crippen molar-refractivity contribution in [1.82, 2.24) is 25.4 Å². The van der Waals surface area contributed by atoms with Gasteiger partial charge < -0.3 is 15.4 Å². The van der Waals surface area contributed by atoms with Crippen molar-refractivity contribution in [2.75, 3.05) is 20.2 Å². The highest BCUT2D eigenvalue weighted by atomic mass is 35.5. The number of guanidine groups is 1. The first-order chi connectivity index (χ1) is 14.0. The van der Waals surface area contributed by atoms with E-state index in [0.717, 1.165) is 49.1 Å². The third kappa shape index (κ3) is 5.70. The lowest BCUT2D eigenvalue weighted by Crippen LogP contribution is -2.47. The van der Waals surface area contributed by atoms with E-state index in [-0.39, 0.29) is 12.1 Å². The zero-order valence-corrected chi connectivity index (χ0v) is 18.4. The lowest BCUT2D eigenvalue weighted by atomic mass is 10.1. The fraction of sp³-hybridized carbons (Fsp3) is 0.571. The molecule has 1 aromatic carbocycles. The summed E-state index contributed by atoms with van der Waals surface area (Å²) in [6.07, 6.45) is 1.77. The second-order valence-corrected chi connectivity index (χ2v) is 8.04. The Kier molecular flexibility index (Phi) is 7.50. The number of ether oxygens (including phenoxy) is 1. The molecule has 8 heteroatoms. The van der Waals surface area contributed by atoms with Gasteiger partial charge in [0.15, 0.2) is 11.8 Å². The molecule has 2 atom stereocenters. The predicted octanol–water partition coefficient (Wildman–Crippen LogP) is 3.31. The Hall–Kier alpha value is -2.12. The number of hydrogen-bond acceptors (Lipinski definition) is 4. The molecule has 0 fully saturated rings. The molecule has 0 aliphatic carbocycles. The van der Waals surface area contributed by atoms with Crippen molar-refractivity contribution in [2.24, 2.45) is 4.99 Å². The zero-order valence-electron chi connectivity index (χ0n) is 17.7. The van der Waals surface area contributed by atoms with Gasteiger partial charge in [0.25, 0.3) is 0 Å². The summed E-state index contributed by atoms with van der Waals surface area (Å²) in [6, 6.07) is 7.98. The second-order valence-electron chi connectivity index (χ2n) is 7.60. The second kappa shape index (κ2) is 10.1. The SMILES string of the molecule is CCNC(=NCC(OC)c1cccc(Cl)c1)NC1CCc2nc(C(C)C)nn2C1. The molecule has 7 nitrogen and oxygen atoms in total. The molecule has 0 radical (unpaired) electrons. The number of aliphatic imine (C=N–C) groups is 1. The minimum absolute atomic E-state index is 0.147. The minimum atomic E-state index is -0.147. The van der Waals surface area contributed by atoms with Crippen LogP contribution in [0.1, 0.15) is 56.4 Å². The summed E-state index contributed by atoms with van der Waals surface area (Å²) in [4.78, 5) is 9.42. The van der Waals surface area contributed by atoms with Crippen molar-refractivity contribution >= 4 is 17.6 Å². The quantitative estimate of drug-likeness (QED) is 0.532. The first-order valence-electron chi connectivity index (χ1n) is 10.3. The van der Waals surface area contributed by atoms with Gasteiger partial charge in [-0.3, -0.25) is 4.99 Å². The fourth-order valence-electron chi connectivity index (χ4n) is 3.40. The normalized spacial score (nSPS) is 17.9. The van der Waals surface area contributed by atoms with E-state index in [4.69, 9.17) is 21.3 Å². The molecular formula is C21H31ClN6O. The molecule has 0 saturated carbocycles. The third-order valence-electron chi connectivity index (χ3n) is 5.00. The Morgan fingerprint density at radius 3 is 2.93 bits per heavy atom. The number of methoxy groups -OCH3 is 1. The van der Waals surface area contributed by atoms with Gasteiger partial charge in [-0.05, 0) is 31.0 Å². The lowest BCUT2D eigenvalue weighted by molar-refractivity contribution is 0.111. The van der Waals surface area contributed by atoms with Crippen LogP contribution in [0.3, 0.4) is 0 Å². The summed E-state index contributed by atoms with van der Waals surface area (Å²) < 4.78 is 7.67. The molecule has 0 bridgehead atoms. The van der Waals surface area contributed by atoms with Crippen molar-refractivity contribution in [3.8, 4) is 0 Å². The fourth-order valence-corrected chi connectivity index (χ4v) is 3.60. The molecule has 29 heavy (non-hydrogen) atoms. The molecule has 0 spiro atoms. The van der Waals surface area contributed by atoms with Gasteiger partial charge in [0.2, 0.25) is 0 Å². The number of hydrogen-bond donors (Lipinski definition) is 2. The molecule has 0 saturated heterocycles. The van der Waals surface area contributed by atoms with Crippen LogP contribution in [-0.2, 0) is 17.7 Å². The van der Waals surface area contributed by atoms with Crippen LogP contribution in [0.2, 0.25) is 5.02 Å². The molecule has 1 aliphatic heterocycles. The summed E-state index contributed by atoms with van der Waals surface area (Å²) in [6.45, 7) is 8.40. The standard InChI is InChI=1S/C21H31ClN6O/c1-5-23-21(24-12-18(29-4)15-7-6-8-16(22)11-15)25-17-9-10-19-26-20(14(2)3)27-28(19)13-17/h6-8,11,14,17-18H,5,9-10,12-13H2,1-4H3,(H2,23,24,25). The third-order valence-corrected chi connectivity index (χ3v) is 5.23. The number of rotatable bonds is 7. The summed E-state index contributed by atoms with van der Waals surface area (Å²) >= 11 is 6.12. The molecule has 1 aliphatic rings. The minimum Gasteiger partial charge on any atom is -0.375 e. The number of fused-ring (bicyclic) bond motifs is 1. The average Bonchev–Trinajstić information content (AvgIpc) is 3.12. The largest absolute Gasteiger partial charge is 0.375 e. The van der Waals surface area contributed by atoms with Gasteiger partial charge in [0.05, 0.1) is 13.1 Å². The highest BCUT2D eigenvalue weighted by Crippen LogP contribution is 2.21. The Balaban J connectivity index is 1.66. The van der Waals surface area contributed by atoms with Crippen molar-refractivity contribution in [1.29, 1.82) is 0 Å². The molecule has 1 aromatic heterocycles. The van der Waals surface area contributed by atoms with Crippen LogP contribution in [0.15, 0.2) is 29.3 Å². The van der Waals surface area contributed by atoms with Crippen LogP contribution in [0, 0.1) is 0 Å². The summed E-state index contributed by atoms with van der Waals surface area (Å²) in [5.41, 5.74) is 1.02. The van der Waals surface area contributed by atoms with E-state index < -0.39 is 0 Å². The van der Waals surface area contributed by atoms with Gasteiger partial charge in [-0.1, -0.05) is 37.6 Å². The van der Waals surface area contributed by atoms with Gasteiger partial charge in [0, 0.05) is 37.1 Å². The van der Waals surface area contributed by atoms with E-state index in [1.165, 1.54) is 0 Å². The summed E-state index contributed by atoms with van der Waals surface area (Å²) in [5, 5.41) is 12.2. The Bertz CT molecular complexity index is 834. The van der Waals surface area contributed by atoms with Crippen LogP contribution >= 0.6 is 11.6 Å². The van der Waals surface area contributed by atoms with Gasteiger partial charge in [0.1, 0.15) is 11.9 Å². The van der Waals surface area contributed by atoms with E-state index in [0.29, 0.717) is 17.5 Å². The van der Waals surface area contributed by atoms with Crippen molar-refractivity contribution in [2.45, 2.75) is 58.2 Å². The van der Waals surface area contributed by atoms with Crippen LogP contribution in [0.5, 0.6) is 0 Å². The zero-order chi connectivity index (χ0) is 20.8. The highest BCUT2D eigenvalue weighted by molar-refractivity contribution is 6.30. The number of nitrogens with one attached hydrogen (secondary N) is 2. The monoisotopic (exact) mass is 418 g/mol. The van der Waals surface area contributed by atoms with Crippen molar-refractivity contribution in [3.05, 3.63) is 46.5 Å². The van der Waals surface area contributed by atoms with Crippen LogP contribution in [0.25, 0.3) is 0 Å². The molecule has 2 heterocycles. The smallest absolute Gasteiger partial charge is 0.191 e. The molecular weight excluding hydrogens is 388 g/mol. The van der Waals surface area contributed by atoms with Gasteiger partial charge in [-0.2, -0.15) is 5.10 Å². The summed E-state index contributed by atoms with van der Waals surface area (Å²) in [7, 11) is 1.70. The maximum Gasteiger partial charge on any atom is 0.191 e. The summed E-state index contributed by atoms with van der Waals surface area (Å²) in [5.74, 6) is 3.13. The van der Waals surface area contributed by atoms with Gasteiger partial charge >= 0.3 is 0 Å². The van der Waals surface area contributed by atoms with Crippen molar-refractivity contribution < 1.29 is 4.74 Å². The Morgan fingerprint density at radius 2 is 2.24 bits per heavy atom. The number of nitrogens with zero attached hydrogens (tertiary/aromatic N) is 4. The number of halogens is 1. The Morgan fingerprint density at radius 1 is 1.41 bits per heavy atom. The van der Waals surface area contributed by atoms with E-state index in [1.54, 1.807) is 7.11 Å².